The molecule has 112 valence electrons. The van der Waals surface area contributed by atoms with Gasteiger partial charge in [-0.25, -0.2) is 4.79 Å². The fraction of sp³-hybridized carbons (Fsp3) is 0.429. The number of fused-ring (bicyclic) bond motifs is 1. The van der Waals surface area contributed by atoms with Gasteiger partial charge in [0.1, 0.15) is 0 Å². The lowest BCUT2D eigenvalue weighted by atomic mass is 10.3. The Kier molecular flexibility index (Phi) is 4.26. The van der Waals surface area contributed by atoms with Crippen molar-refractivity contribution in [3.8, 4) is 0 Å². The van der Waals surface area contributed by atoms with Crippen LogP contribution in [0.3, 0.4) is 0 Å². The average molecular weight is 327 g/mol. The summed E-state index contributed by atoms with van der Waals surface area (Å²) in [6.45, 7) is 1.91. The van der Waals surface area contributed by atoms with Gasteiger partial charge in [-0.05, 0) is 12.1 Å². The van der Waals surface area contributed by atoms with E-state index in [-0.39, 0.29) is 5.91 Å². The van der Waals surface area contributed by atoms with Crippen LogP contribution in [-0.2, 0) is 11.3 Å². The number of aryl methyl sites for hydroxylation is 1. The van der Waals surface area contributed by atoms with Crippen molar-refractivity contribution in [2.75, 3.05) is 24.6 Å². The SMILES string of the molecule is O=C(CCn1c(=O)oc2cc(Cl)ccc21)N1CCSCC1. The number of carbonyl (C=O) groups is 1. The molecule has 21 heavy (non-hydrogen) atoms. The number of benzene rings is 1. The molecule has 1 saturated heterocycles. The van der Waals surface area contributed by atoms with Gasteiger partial charge < -0.3 is 9.32 Å². The highest BCUT2D eigenvalue weighted by atomic mass is 35.5. The standard InChI is InChI=1S/C14H15ClN2O3S/c15-10-1-2-11-12(9-10)20-14(19)17(11)4-3-13(18)16-5-7-21-8-6-16/h1-2,9H,3-8H2. The van der Waals surface area contributed by atoms with Crippen LogP contribution in [0.25, 0.3) is 11.1 Å². The van der Waals surface area contributed by atoms with E-state index in [1.165, 1.54) is 4.57 Å². The van der Waals surface area contributed by atoms with E-state index in [1.807, 2.05) is 16.7 Å². The van der Waals surface area contributed by atoms with E-state index in [2.05, 4.69) is 0 Å². The van der Waals surface area contributed by atoms with E-state index in [0.29, 0.717) is 29.1 Å². The van der Waals surface area contributed by atoms with Gasteiger partial charge in [0.05, 0.1) is 5.52 Å². The molecule has 1 aromatic heterocycles. The predicted octanol–water partition coefficient (Wildman–Crippen LogP) is 2.21. The van der Waals surface area contributed by atoms with Crippen LogP contribution < -0.4 is 5.76 Å². The summed E-state index contributed by atoms with van der Waals surface area (Å²) in [4.78, 5) is 25.9. The van der Waals surface area contributed by atoms with Gasteiger partial charge in [0.15, 0.2) is 5.58 Å². The molecule has 7 heteroatoms. The number of amides is 1. The van der Waals surface area contributed by atoms with E-state index in [4.69, 9.17) is 16.0 Å². The molecule has 1 amide bonds. The van der Waals surface area contributed by atoms with Gasteiger partial charge in [-0.1, -0.05) is 11.6 Å². The maximum atomic E-state index is 12.1. The second-order valence-electron chi connectivity index (χ2n) is 4.87. The number of nitrogens with zero attached hydrogens (tertiary/aromatic N) is 2. The van der Waals surface area contributed by atoms with E-state index < -0.39 is 5.76 Å². The van der Waals surface area contributed by atoms with E-state index in [9.17, 15) is 9.59 Å². The largest absolute Gasteiger partial charge is 0.419 e. The van der Waals surface area contributed by atoms with Crippen molar-refractivity contribution in [3.05, 3.63) is 33.8 Å². The highest BCUT2D eigenvalue weighted by Gasteiger charge is 2.18. The molecule has 0 saturated carbocycles. The molecule has 2 heterocycles. The normalized spacial score (nSPS) is 15.6. The van der Waals surface area contributed by atoms with Crippen molar-refractivity contribution in [2.24, 2.45) is 0 Å². The summed E-state index contributed by atoms with van der Waals surface area (Å²) in [5.41, 5.74) is 1.13. The van der Waals surface area contributed by atoms with E-state index in [1.54, 1.807) is 18.2 Å². The Labute approximate surface area is 130 Å². The monoisotopic (exact) mass is 326 g/mol. The number of aromatic nitrogens is 1. The summed E-state index contributed by atoms with van der Waals surface area (Å²) in [5.74, 6) is 1.61. The first-order valence-electron chi connectivity index (χ1n) is 6.79. The molecular formula is C14H15ClN2O3S. The minimum Gasteiger partial charge on any atom is -0.408 e. The first-order valence-corrected chi connectivity index (χ1v) is 8.33. The number of thioether (sulfide) groups is 1. The Balaban J connectivity index is 1.74. The molecule has 0 atom stereocenters. The molecule has 5 nitrogen and oxygen atoms in total. The van der Waals surface area contributed by atoms with Crippen molar-refractivity contribution in [1.29, 1.82) is 0 Å². The number of hydrogen-bond acceptors (Lipinski definition) is 4. The van der Waals surface area contributed by atoms with Crippen LogP contribution in [0, 0.1) is 0 Å². The number of halogens is 1. The molecule has 0 bridgehead atoms. The van der Waals surface area contributed by atoms with E-state index >= 15 is 0 Å². The van der Waals surface area contributed by atoms with Crippen molar-refractivity contribution < 1.29 is 9.21 Å². The van der Waals surface area contributed by atoms with Gasteiger partial charge in [-0.2, -0.15) is 11.8 Å². The quantitative estimate of drug-likeness (QED) is 0.868. The zero-order valence-electron chi connectivity index (χ0n) is 11.4. The summed E-state index contributed by atoms with van der Waals surface area (Å²) < 4.78 is 6.64. The topological polar surface area (TPSA) is 55.5 Å². The highest BCUT2D eigenvalue weighted by Crippen LogP contribution is 2.19. The molecule has 0 N–H and O–H groups in total. The summed E-state index contributed by atoms with van der Waals surface area (Å²) >= 11 is 7.74. The Hall–Kier alpha value is -1.40. The second-order valence-corrected chi connectivity index (χ2v) is 6.54. The Morgan fingerprint density at radius 3 is 2.86 bits per heavy atom. The van der Waals surface area contributed by atoms with Crippen LogP contribution in [0.2, 0.25) is 5.02 Å². The number of carbonyl (C=O) groups excluding carboxylic acids is 1. The molecular weight excluding hydrogens is 312 g/mol. The third-order valence-electron chi connectivity index (χ3n) is 3.54. The van der Waals surface area contributed by atoms with Gasteiger partial charge >= 0.3 is 5.76 Å². The second kappa shape index (κ2) is 6.15. The number of rotatable bonds is 3. The first-order chi connectivity index (χ1) is 10.1. The summed E-state index contributed by atoms with van der Waals surface area (Å²) in [5, 5.41) is 0.519. The smallest absolute Gasteiger partial charge is 0.408 e. The molecule has 2 aromatic rings. The number of oxazole rings is 1. The van der Waals surface area contributed by atoms with Crippen LogP contribution in [-0.4, -0.2) is 40.0 Å². The minimum atomic E-state index is -0.450. The summed E-state index contributed by atoms with van der Waals surface area (Å²) in [6.07, 6.45) is 0.307. The molecule has 0 unspecified atom stereocenters. The van der Waals surface area contributed by atoms with Crippen molar-refractivity contribution >= 4 is 40.4 Å². The van der Waals surface area contributed by atoms with Crippen LogP contribution >= 0.6 is 23.4 Å². The number of hydrogen-bond donors (Lipinski definition) is 0. The van der Waals surface area contributed by atoms with Gasteiger partial charge in [0, 0.05) is 48.6 Å². The molecule has 0 aliphatic carbocycles. The molecule has 1 aromatic carbocycles. The van der Waals surface area contributed by atoms with Crippen LogP contribution in [0.1, 0.15) is 6.42 Å². The van der Waals surface area contributed by atoms with Crippen LogP contribution in [0.4, 0.5) is 0 Å². The molecule has 1 aliphatic rings. The maximum Gasteiger partial charge on any atom is 0.419 e. The molecule has 3 rings (SSSR count). The molecule has 0 spiro atoms. The summed E-state index contributed by atoms with van der Waals surface area (Å²) in [6, 6.07) is 5.06. The highest BCUT2D eigenvalue weighted by molar-refractivity contribution is 7.99. The predicted molar refractivity (Wildman–Crippen MR) is 84.0 cm³/mol. The minimum absolute atomic E-state index is 0.0884. The fourth-order valence-electron chi connectivity index (χ4n) is 2.43. The lowest BCUT2D eigenvalue weighted by Crippen LogP contribution is -2.38. The van der Waals surface area contributed by atoms with Gasteiger partial charge in [-0.3, -0.25) is 9.36 Å². The van der Waals surface area contributed by atoms with Crippen molar-refractivity contribution in [1.82, 2.24) is 9.47 Å². The van der Waals surface area contributed by atoms with Crippen LogP contribution in [0.5, 0.6) is 0 Å². The zero-order valence-corrected chi connectivity index (χ0v) is 13.0. The fourth-order valence-corrected chi connectivity index (χ4v) is 3.50. The van der Waals surface area contributed by atoms with Gasteiger partial charge in [0.25, 0.3) is 0 Å². The third kappa shape index (κ3) is 3.11. The Bertz CT molecular complexity index is 719. The van der Waals surface area contributed by atoms with E-state index in [0.717, 1.165) is 24.6 Å². The molecule has 1 aliphatic heterocycles. The third-order valence-corrected chi connectivity index (χ3v) is 4.72. The lowest BCUT2D eigenvalue weighted by molar-refractivity contribution is -0.131. The van der Waals surface area contributed by atoms with Gasteiger partial charge in [-0.15, -0.1) is 0 Å². The molecule has 0 radical (unpaired) electrons. The van der Waals surface area contributed by atoms with Gasteiger partial charge in [0.2, 0.25) is 5.91 Å². The molecule has 1 fully saturated rings. The average Bonchev–Trinajstić information content (AvgIpc) is 2.80. The van der Waals surface area contributed by atoms with Crippen LogP contribution in [0.15, 0.2) is 27.4 Å². The van der Waals surface area contributed by atoms with Crippen molar-refractivity contribution in [3.63, 3.8) is 0 Å². The maximum absolute atomic E-state index is 12.1. The summed E-state index contributed by atoms with van der Waals surface area (Å²) in [7, 11) is 0. The Morgan fingerprint density at radius 1 is 1.33 bits per heavy atom. The van der Waals surface area contributed by atoms with Crippen molar-refractivity contribution in [2.45, 2.75) is 13.0 Å². The lowest BCUT2D eigenvalue weighted by Gasteiger charge is -2.26. The Morgan fingerprint density at radius 2 is 2.10 bits per heavy atom. The first kappa shape index (κ1) is 14.5. The zero-order chi connectivity index (χ0) is 14.8.